The van der Waals surface area contributed by atoms with E-state index < -0.39 is 26.3 Å². The Labute approximate surface area is 80.8 Å². The number of methoxy groups -OCH3 is 1. The fourth-order valence-corrected chi connectivity index (χ4v) is 1.60. The van der Waals surface area contributed by atoms with Crippen LogP contribution >= 0.6 is 7.82 Å². The molecular formula is C6H13O7P. The minimum atomic E-state index is -4.49. The molecule has 0 saturated carbocycles. The first kappa shape index (κ1) is 12.1. The summed E-state index contributed by atoms with van der Waals surface area (Å²) in [5.74, 6) is 0. The van der Waals surface area contributed by atoms with Gasteiger partial charge in [0.15, 0.2) is 6.29 Å². The smallest absolute Gasteiger partial charge is 0.378 e. The Kier molecular flexibility index (Phi) is 4.03. The molecular weight excluding hydrogens is 215 g/mol. The topological polar surface area (TPSA) is 105 Å². The lowest BCUT2D eigenvalue weighted by Crippen LogP contribution is -2.27. The van der Waals surface area contributed by atoms with Crippen molar-refractivity contribution >= 4 is 7.82 Å². The molecule has 0 bridgehead atoms. The molecule has 84 valence electrons. The van der Waals surface area contributed by atoms with Gasteiger partial charge >= 0.3 is 7.82 Å². The summed E-state index contributed by atoms with van der Waals surface area (Å²) in [7, 11) is -3.06. The molecule has 14 heavy (non-hydrogen) atoms. The number of aliphatic hydroxyl groups is 1. The van der Waals surface area contributed by atoms with Crippen LogP contribution in [-0.4, -0.2) is 47.1 Å². The Bertz CT molecular complexity index is 226. The highest BCUT2D eigenvalue weighted by Gasteiger charge is 2.35. The van der Waals surface area contributed by atoms with E-state index in [2.05, 4.69) is 4.52 Å². The Morgan fingerprint density at radius 1 is 1.57 bits per heavy atom. The van der Waals surface area contributed by atoms with Crippen LogP contribution < -0.4 is 0 Å². The molecule has 1 aliphatic heterocycles. The van der Waals surface area contributed by atoms with Crippen molar-refractivity contribution < 1.29 is 33.5 Å². The Hall–Kier alpha value is -0.0100. The number of phosphoric acid groups is 1. The minimum absolute atomic E-state index is 0.270. The number of hydrogen-bond donors (Lipinski definition) is 3. The molecule has 1 saturated heterocycles. The third-order valence-electron chi connectivity index (χ3n) is 1.89. The first-order chi connectivity index (χ1) is 6.42. The monoisotopic (exact) mass is 228 g/mol. The predicted molar refractivity (Wildman–Crippen MR) is 44.3 cm³/mol. The second kappa shape index (κ2) is 4.67. The van der Waals surface area contributed by atoms with Gasteiger partial charge in [0.1, 0.15) is 6.10 Å². The molecule has 0 aromatic heterocycles. The summed E-state index contributed by atoms with van der Waals surface area (Å²) in [6.45, 7) is -0.306. The molecule has 0 radical (unpaired) electrons. The highest BCUT2D eigenvalue weighted by atomic mass is 31.2. The van der Waals surface area contributed by atoms with Gasteiger partial charge in [0.25, 0.3) is 0 Å². The summed E-state index contributed by atoms with van der Waals surface area (Å²) < 4.78 is 24.5. The fraction of sp³-hybridized carbons (Fsp3) is 1.00. The van der Waals surface area contributed by atoms with Gasteiger partial charge in [-0.2, -0.15) is 0 Å². The molecule has 1 aliphatic rings. The largest absolute Gasteiger partial charge is 0.469 e. The molecule has 1 heterocycles. The van der Waals surface area contributed by atoms with E-state index in [1.807, 2.05) is 0 Å². The van der Waals surface area contributed by atoms with Crippen LogP contribution in [0.25, 0.3) is 0 Å². The van der Waals surface area contributed by atoms with Gasteiger partial charge in [-0.3, -0.25) is 4.52 Å². The molecule has 1 rings (SSSR count). The zero-order valence-electron chi connectivity index (χ0n) is 7.57. The Morgan fingerprint density at radius 3 is 2.71 bits per heavy atom. The van der Waals surface area contributed by atoms with Gasteiger partial charge in [-0.05, 0) is 0 Å². The van der Waals surface area contributed by atoms with Crippen LogP contribution in [0, 0.1) is 0 Å². The molecule has 3 N–H and O–H groups in total. The summed E-state index contributed by atoms with van der Waals surface area (Å²) in [6, 6.07) is 0. The first-order valence-electron chi connectivity index (χ1n) is 3.99. The van der Waals surface area contributed by atoms with E-state index in [1.54, 1.807) is 0 Å². The molecule has 7 nitrogen and oxygen atoms in total. The van der Waals surface area contributed by atoms with Crippen LogP contribution in [-0.2, 0) is 18.6 Å². The first-order valence-corrected chi connectivity index (χ1v) is 5.52. The average molecular weight is 228 g/mol. The maximum absolute atomic E-state index is 10.4. The van der Waals surface area contributed by atoms with Crippen molar-refractivity contribution in [1.29, 1.82) is 0 Å². The van der Waals surface area contributed by atoms with Crippen molar-refractivity contribution in [2.75, 3.05) is 13.7 Å². The second-order valence-electron chi connectivity index (χ2n) is 2.93. The molecule has 0 amide bonds. The van der Waals surface area contributed by atoms with E-state index in [9.17, 15) is 4.57 Å². The number of ether oxygens (including phenoxy) is 2. The number of aliphatic hydroxyl groups excluding tert-OH is 1. The molecule has 0 aliphatic carbocycles. The fourth-order valence-electron chi connectivity index (χ4n) is 1.26. The van der Waals surface area contributed by atoms with Gasteiger partial charge in [-0.1, -0.05) is 0 Å². The third kappa shape index (κ3) is 3.62. The lowest BCUT2D eigenvalue weighted by atomic mass is 10.2. The van der Waals surface area contributed by atoms with Gasteiger partial charge in [0, 0.05) is 13.5 Å². The van der Waals surface area contributed by atoms with Crippen molar-refractivity contribution in [3.05, 3.63) is 0 Å². The molecule has 0 aromatic carbocycles. The summed E-state index contributed by atoms with van der Waals surface area (Å²) in [5.41, 5.74) is 0. The van der Waals surface area contributed by atoms with Crippen LogP contribution in [0.3, 0.4) is 0 Å². The van der Waals surface area contributed by atoms with Gasteiger partial charge in [-0.15, -0.1) is 0 Å². The van der Waals surface area contributed by atoms with Crippen LogP contribution in [0.1, 0.15) is 6.42 Å². The number of rotatable bonds is 4. The number of hydrogen-bond acceptors (Lipinski definition) is 5. The average Bonchev–Trinajstić information content (AvgIpc) is 2.41. The maximum Gasteiger partial charge on any atom is 0.469 e. The van der Waals surface area contributed by atoms with Crippen LogP contribution in [0.2, 0.25) is 0 Å². The molecule has 3 atom stereocenters. The van der Waals surface area contributed by atoms with Crippen LogP contribution in [0.4, 0.5) is 0 Å². The van der Waals surface area contributed by atoms with Crippen molar-refractivity contribution in [2.45, 2.75) is 24.9 Å². The second-order valence-corrected chi connectivity index (χ2v) is 4.16. The van der Waals surface area contributed by atoms with Gasteiger partial charge in [0.05, 0.1) is 12.7 Å². The standard InChI is InChI=1S/C6H13O7P/c1-11-4-2-6(7)13-5(4)3-12-14(8,9)10/h4-7H,2-3H2,1H3,(H2,8,9,10)/t4-,5-,6-/m1/s1. The predicted octanol–water partition coefficient (Wildman–Crippen LogP) is -0.782. The van der Waals surface area contributed by atoms with Crippen LogP contribution in [0.5, 0.6) is 0 Å². The maximum atomic E-state index is 10.4. The van der Waals surface area contributed by atoms with Crippen molar-refractivity contribution in [3.63, 3.8) is 0 Å². The lowest BCUT2D eigenvalue weighted by molar-refractivity contribution is -0.108. The molecule has 8 heteroatoms. The van der Waals surface area contributed by atoms with Crippen LogP contribution in [0.15, 0.2) is 0 Å². The molecule has 0 spiro atoms. The van der Waals surface area contributed by atoms with Gasteiger partial charge < -0.3 is 24.4 Å². The highest BCUT2D eigenvalue weighted by Crippen LogP contribution is 2.37. The summed E-state index contributed by atoms with van der Waals surface area (Å²) in [6.07, 6.45) is -1.75. The molecule has 0 aromatic rings. The third-order valence-corrected chi connectivity index (χ3v) is 2.38. The van der Waals surface area contributed by atoms with E-state index >= 15 is 0 Å². The van der Waals surface area contributed by atoms with Crippen molar-refractivity contribution in [2.24, 2.45) is 0 Å². The zero-order chi connectivity index (χ0) is 10.8. The van der Waals surface area contributed by atoms with E-state index in [4.69, 9.17) is 24.4 Å². The van der Waals surface area contributed by atoms with Crippen molar-refractivity contribution in [1.82, 2.24) is 0 Å². The van der Waals surface area contributed by atoms with Gasteiger partial charge in [0.2, 0.25) is 0 Å². The van der Waals surface area contributed by atoms with E-state index in [0.717, 1.165) is 0 Å². The quantitative estimate of drug-likeness (QED) is 0.542. The van der Waals surface area contributed by atoms with E-state index in [-0.39, 0.29) is 13.0 Å². The molecule has 0 unspecified atom stereocenters. The van der Waals surface area contributed by atoms with E-state index in [1.165, 1.54) is 7.11 Å². The zero-order valence-corrected chi connectivity index (χ0v) is 8.46. The van der Waals surface area contributed by atoms with E-state index in [0.29, 0.717) is 0 Å². The minimum Gasteiger partial charge on any atom is -0.378 e. The Balaban J connectivity index is 2.40. The summed E-state index contributed by atoms with van der Waals surface area (Å²) in [4.78, 5) is 16.9. The lowest BCUT2D eigenvalue weighted by Gasteiger charge is -2.16. The summed E-state index contributed by atoms with van der Waals surface area (Å²) >= 11 is 0. The summed E-state index contributed by atoms with van der Waals surface area (Å²) in [5, 5.41) is 9.08. The Morgan fingerprint density at radius 2 is 2.21 bits per heavy atom. The molecule has 1 fully saturated rings. The van der Waals surface area contributed by atoms with Gasteiger partial charge in [-0.25, -0.2) is 4.57 Å². The highest BCUT2D eigenvalue weighted by molar-refractivity contribution is 7.46. The van der Waals surface area contributed by atoms with Crippen molar-refractivity contribution in [3.8, 4) is 0 Å². The normalized spacial score (nSPS) is 33.6. The SMILES string of the molecule is CO[C@@H]1C[C@H](O)O[C@@H]1COP(=O)(O)O. The number of phosphoric ester groups is 1.